The quantitative estimate of drug-likeness (QED) is 0.903. The van der Waals surface area contributed by atoms with Gasteiger partial charge in [0.15, 0.2) is 0 Å². The van der Waals surface area contributed by atoms with Crippen molar-refractivity contribution in [2.24, 2.45) is 12.8 Å². The molecule has 0 aliphatic carbocycles. The van der Waals surface area contributed by atoms with Gasteiger partial charge in [-0.25, -0.2) is 4.98 Å². The summed E-state index contributed by atoms with van der Waals surface area (Å²) in [5.41, 5.74) is 8.49. The van der Waals surface area contributed by atoms with Crippen molar-refractivity contribution in [2.75, 3.05) is 0 Å². The van der Waals surface area contributed by atoms with E-state index in [1.165, 1.54) is 5.69 Å². The van der Waals surface area contributed by atoms with Crippen molar-refractivity contribution in [2.45, 2.75) is 32.7 Å². The van der Waals surface area contributed by atoms with E-state index in [0.29, 0.717) is 0 Å². The van der Waals surface area contributed by atoms with Gasteiger partial charge in [-0.05, 0) is 19.4 Å². The third kappa shape index (κ3) is 2.73. The van der Waals surface area contributed by atoms with Gasteiger partial charge >= 0.3 is 0 Å². The van der Waals surface area contributed by atoms with Gasteiger partial charge in [0, 0.05) is 36.3 Å². The summed E-state index contributed by atoms with van der Waals surface area (Å²) in [5.74, 6) is 0. The van der Waals surface area contributed by atoms with E-state index in [1.807, 2.05) is 24.9 Å². The van der Waals surface area contributed by atoms with Gasteiger partial charge in [-0.3, -0.25) is 4.68 Å². The predicted molar refractivity (Wildman–Crippen MR) is 70.1 cm³/mol. The van der Waals surface area contributed by atoms with Crippen LogP contribution in [0.5, 0.6) is 0 Å². The molecular formula is C12H18N4S. The van der Waals surface area contributed by atoms with E-state index in [2.05, 4.69) is 23.1 Å². The Labute approximate surface area is 105 Å². The summed E-state index contributed by atoms with van der Waals surface area (Å²) in [6.07, 6.45) is 3.65. The average molecular weight is 250 g/mol. The molecule has 2 aromatic rings. The monoisotopic (exact) mass is 250 g/mol. The molecule has 2 rings (SSSR count). The second-order valence-corrected chi connectivity index (χ2v) is 5.46. The van der Waals surface area contributed by atoms with Crippen LogP contribution in [0, 0.1) is 6.92 Å². The Bertz CT molecular complexity index is 500. The highest BCUT2D eigenvalue weighted by Crippen LogP contribution is 2.22. The third-order valence-electron chi connectivity index (χ3n) is 2.82. The lowest BCUT2D eigenvalue weighted by atomic mass is 10.1. The Morgan fingerprint density at radius 1 is 1.53 bits per heavy atom. The number of rotatable bonds is 4. The molecule has 0 saturated heterocycles. The first-order chi connectivity index (χ1) is 8.10. The van der Waals surface area contributed by atoms with Crippen molar-refractivity contribution in [1.29, 1.82) is 0 Å². The highest BCUT2D eigenvalue weighted by Gasteiger charge is 2.13. The van der Waals surface area contributed by atoms with E-state index in [4.69, 9.17) is 5.73 Å². The molecule has 2 aromatic heterocycles. The normalized spacial score (nSPS) is 12.9. The molecule has 0 bridgehead atoms. The number of aryl methyl sites for hydroxylation is 3. The number of nitrogens with two attached hydrogens (primary N) is 1. The maximum Gasteiger partial charge on any atom is 0.0897 e. The van der Waals surface area contributed by atoms with Crippen LogP contribution in [0.1, 0.15) is 34.2 Å². The second-order valence-electron chi connectivity index (χ2n) is 4.20. The van der Waals surface area contributed by atoms with E-state index >= 15 is 0 Å². The van der Waals surface area contributed by atoms with Crippen molar-refractivity contribution < 1.29 is 0 Å². The molecule has 92 valence electrons. The highest BCUT2D eigenvalue weighted by atomic mass is 32.1. The van der Waals surface area contributed by atoms with Crippen LogP contribution in [-0.2, 0) is 19.9 Å². The number of aromatic nitrogens is 3. The van der Waals surface area contributed by atoms with Crippen molar-refractivity contribution in [1.82, 2.24) is 14.8 Å². The minimum atomic E-state index is 0.0151. The summed E-state index contributed by atoms with van der Waals surface area (Å²) in [6, 6.07) is 2.15. The van der Waals surface area contributed by atoms with Gasteiger partial charge in [0.25, 0.3) is 0 Å². The summed E-state index contributed by atoms with van der Waals surface area (Å²) in [6.45, 7) is 4.11. The molecule has 0 saturated carbocycles. The molecule has 0 radical (unpaired) electrons. The number of hydrogen-bond acceptors (Lipinski definition) is 4. The Balaban J connectivity index is 2.12. The van der Waals surface area contributed by atoms with Gasteiger partial charge in [-0.2, -0.15) is 5.10 Å². The molecule has 4 nitrogen and oxygen atoms in total. The Hall–Kier alpha value is -1.20. The van der Waals surface area contributed by atoms with Crippen LogP contribution in [0.25, 0.3) is 0 Å². The molecular weight excluding hydrogens is 232 g/mol. The molecule has 0 aliphatic heterocycles. The molecule has 0 spiro atoms. The molecule has 0 aromatic carbocycles. The first kappa shape index (κ1) is 12.3. The Morgan fingerprint density at radius 3 is 2.82 bits per heavy atom. The molecule has 1 unspecified atom stereocenters. The lowest BCUT2D eigenvalue weighted by Gasteiger charge is -2.08. The fourth-order valence-corrected chi connectivity index (χ4v) is 2.60. The van der Waals surface area contributed by atoms with Crippen molar-refractivity contribution in [3.05, 3.63) is 33.5 Å². The fraction of sp³-hybridized carbons (Fsp3) is 0.500. The molecule has 0 aliphatic rings. The fourth-order valence-electron chi connectivity index (χ4n) is 1.81. The summed E-state index contributed by atoms with van der Waals surface area (Å²) < 4.78 is 1.92. The summed E-state index contributed by atoms with van der Waals surface area (Å²) in [4.78, 5) is 5.38. The second kappa shape index (κ2) is 4.98. The zero-order valence-electron chi connectivity index (χ0n) is 10.5. The van der Waals surface area contributed by atoms with Gasteiger partial charge in [0.05, 0.1) is 10.7 Å². The summed E-state index contributed by atoms with van der Waals surface area (Å²) in [7, 11) is 1.97. The Morgan fingerprint density at radius 2 is 2.29 bits per heavy atom. The maximum atomic E-state index is 6.19. The van der Waals surface area contributed by atoms with Gasteiger partial charge in [-0.15, -0.1) is 11.3 Å². The Kier molecular flexibility index (Phi) is 3.59. The van der Waals surface area contributed by atoms with Gasteiger partial charge in [-0.1, -0.05) is 6.92 Å². The zero-order chi connectivity index (χ0) is 12.4. The van der Waals surface area contributed by atoms with E-state index in [1.54, 1.807) is 11.3 Å². The van der Waals surface area contributed by atoms with Crippen LogP contribution in [0.15, 0.2) is 12.3 Å². The standard InChI is InChI=1S/C12H18N4S/c1-4-9-5-10(16(3)15-9)6-11(13)12-7-14-8(2)17-12/h5,7,11H,4,6,13H2,1-3H3. The number of nitrogens with zero attached hydrogens (tertiary/aromatic N) is 3. The van der Waals surface area contributed by atoms with Gasteiger partial charge < -0.3 is 5.73 Å². The SMILES string of the molecule is CCc1cc(CC(N)c2cnc(C)s2)n(C)n1. The molecule has 17 heavy (non-hydrogen) atoms. The van der Waals surface area contributed by atoms with E-state index in [-0.39, 0.29) is 6.04 Å². The minimum absolute atomic E-state index is 0.0151. The maximum absolute atomic E-state index is 6.19. The molecule has 2 heterocycles. The molecule has 0 fully saturated rings. The summed E-state index contributed by atoms with van der Waals surface area (Å²) >= 11 is 1.67. The minimum Gasteiger partial charge on any atom is -0.323 e. The van der Waals surface area contributed by atoms with Gasteiger partial charge in [0.2, 0.25) is 0 Å². The number of hydrogen-bond donors (Lipinski definition) is 1. The van der Waals surface area contributed by atoms with E-state index in [9.17, 15) is 0 Å². The third-order valence-corrected chi connectivity index (χ3v) is 3.87. The lowest BCUT2D eigenvalue weighted by Crippen LogP contribution is -2.14. The van der Waals surface area contributed by atoms with Crippen molar-refractivity contribution >= 4 is 11.3 Å². The zero-order valence-corrected chi connectivity index (χ0v) is 11.3. The molecule has 2 N–H and O–H groups in total. The first-order valence-corrected chi connectivity index (χ1v) is 6.61. The molecule has 1 atom stereocenters. The highest BCUT2D eigenvalue weighted by molar-refractivity contribution is 7.11. The molecule has 5 heteroatoms. The smallest absolute Gasteiger partial charge is 0.0897 e. The van der Waals surface area contributed by atoms with Crippen LogP contribution in [0.4, 0.5) is 0 Å². The van der Waals surface area contributed by atoms with Crippen LogP contribution in [0.3, 0.4) is 0 Å². The predicted octanol–water partition coefficient (Wildman–Crippen LogP) is 1.99. The van der Waals surface area contributed by atoms with Crippen LogP contribution < -0.4 is 5.73 Å². The largest absolute Gasteiger partial charge is 0.323 e. The number of thiazole rings is 1. The van der Waals surface area contributed by atoms with Crippen molar-refractivity contribution in [3.8, 4) is 0 Å². The van der Waals surface area contributed by atoms with Crippen molar-refractivity contribution in [3.63, 3.8) is 0 Å². The van der Waals surface area contributed by atoms with E-state index < -0.39 is 0 Å². The van der Waals surface area contributed by atoms with Crippen LogP contribution >= 0.6 is 11.3 Å². The average Bonchev–Trinajstić information content (AvgIpc) is 2.86. The topological polar surface area (TPSA) is 56.7 Å². The molecule has 0 amide bonds. The van der Waals surface area contributed by atoms with E-state index in [0.717, 1.165) is 28.4 Å². The lowest BCUT2D eigenvalue weighted by molar-refractivity contribution is 0.643. The van der Waals surface area contributed by atoms with Gasteiger partial charge in [0.1, 0.15) is 0 Å². The summed E-state index contributed by atoms with van der Waals surface area (Å²) in [5, 5.41) is 5.49. The first-order valence-electron chi connectivity index (χ1n) is 5.79. The van der Waals surface area contributed by atoms with Crippen LogP contribution in [0.2, 0.25) is 0 Å². The van der Waals surface area contributed by atoms with Crippen LogP contribution in [-0.4, -0.2) is 14.8 Å².